The third-order valence-electron chi connectivity index (χ3n) is 3.08. The molecule has 0 aliphatic carbocycles. The van der Waals surface area contributed by atoms with Gasteiger partial charge in [0.15, 0.2) is 0 Å². The maximum absolute atomic E-state index is 5.86. The van der Waals surface area contributed by atoms with Gasteiger partial charge in [0, 0.05) is 15.5 Å². The molecule has 0 radical (unpaired) electrons. The lowest BCUT2D eigenvalue weighted by Gasteiger charge is -2.12. The van der Waals surface area contributed by atoms with Crippen molar-refractivity contribution < 1.29 is 4.42 Å². The standard InChI is InChI=1S/C16H14BrNO/c1-11(18-14-7-4-6-13(17)10-14)16-9-12-5-2-3-8-15(12)19-16/h2-11,18H,1H3. The van der Waals surface area contributed by atoms with Gasteiger partial charge in [0.25, 0.3) is 0 Å². The van der Waals surface area contributed by atoms with Crippen molar-refractivity contribution in [1.29, 1.82) is 0 Å². The van der Waals surface area contributed by atoms with Gasteiger partial charge >= 0.3 is 0 Å². The number of anilines is 1. The van der Waals surface area contributed by atoms with Gasteiger partial charge in [0.1, 0.15) is 11.3 Å². The van der Waals surface area contributed by atoms with Crippen molar-refractivity contribution in [2.24, 2.45) is 0 Å². The molecule has 3 aromatic rings. The van der Waals surface area contributed by atoms with Crippen LogP contribution >= 0.6 is 15.9 Å². The number of hydrogen-bond donors (Lipinski definition) is 1. The number of rotatable bonds is 3. The highest BCUT2D eigenvalue weighted by Crippen LogP contribution is 2.26. The van der Waals surface area contributed by atoms with E-state index in [1.807, 2.05) is 36.4 Å². The first-order valence-electron chi connectivity index (χ1n) is 6.23. The van der Waals surface area contributed by atoms with E-state index in [0.717, 1.165) is 26.9 Å². The smallest absolute Gasteiger partial charge is 0.134 e. The third kappa shape index (κ3) is 2.66. The molecule has 0 bridgehead atoms. The van der Waals surface area contributed by atoms with Crippen LogP contribution in [0.4, 0.5) is 5.69 Å². The molecule has 1 atom stereocenters. The minimum absolute atomic E-state index is 0.127. The molecule has 2 aromatic carbocycles. The Bertz CT molecular complexity index is 672. The minimum Gasteiger partial charge on any atom is -0.459 e. The molecule has 3 rings (SSSR count). The minimum atomic E-state index is 0.127. The molecule has 0 aliphatic heterocycles. The normalized spacial score (nSPS) is 12.5. The number of furan rings is 1. The second kappa shape index (κ2) is 5.10. The molecule has 96 valence electrons. The van der Waals surface area contributed by atoms with Crippen LogP contribution in [-0.4, -0.2) is 0 Å². The molecule has 1 heterocycles. The monoisotopic (exact) mass is 315 g/mol. The summed E-state index contributed by atoms with van der Waals surface area (Å²) in [7, 11) is 0. The van der Waals surface area contributed by atoms with Crippen LogP contribution in [0.5, 0.6) is 0 Å². The summed E-state index contributed by atoms with van der Waals surface area (Å²) in [6, 6.07) is 18.4. The zero-order valence-corrected chi connectivity index (χ0v) is 12.1. The predicted molar refractivity (Wildman–Crippen MR) is 82.4 cm³/mol. The molecule has 0 saturated carbocycles. The Hall–Kier alpha value is -1.74. The Morgan fingerprint density at radius 3 is 2.68 bits per heavy atom. The Kier molecular flexibility index (Phi) is 3.30. The summed E-state index contributed by atoms with van der Waals surface area (Å²) in [5, 5.41) is 4.58. The summed E-state index contributed by atoms with van der Waals surface area (Å²) in [6.45, 7) is 2.10. The van der Waals surface area contributed by atoms with E-state index in [1.54, 1.807) is 0 Å². The molecule has 1 unspecified atom stereocenters. The molecule has 0 amide bonds. The van der Waals surface area contributed by atoms with Crippen LogP contribution in [-0.2, 0) is 0 Å². The van der Waals surface area contributed by atoms with E-state index >= 15 is 0 Å². The molecule has 1 N–H and O–H groups in total. The fourth-order valence-corrected chi connectivity index (χ4v) is 2.51. The van der Waals surface area contributed by atoms with Crippen molar-refractivity contribution in [1.82, 2.24) is 0 Å². The molecular formula is C16H14BrNO. The second-order valence-corrected chi connectivity index (χ2v) is 5.48. The fourth-order valence-electron chi connectivity index (χ4n) is 2.12. The van der Waals surface area contributed by atoms with E-state index in [4.69, 9.17) is 4.42 Å². The molecule has 0 fully saturated rings. The van der Waals surface area contributed by atoms with Crippen LogP contribution < -0.4 is 5.32 Å². The van der Waals surface area contributed by atoms with Gasteiger partial charge in [0.05, 0.1) is 6.04 Å². The van der Waals surface area contributed by atoms with Gasteiger partial charge in [-0.3, -0.25) is 0 Å². The average molecular weight is 316 g/mol. The Morgan fingerprint density at radius 2 is 1.89 bits per heavy atom. The van der Waals surface area contributed by atoms with Crippen LogP contribution in [0.25, 0.3) is 11.0 Å². The maximum Gasteiger partial charge on any atom is 0.134 e. The first-order chi connectivity index (χ1) is 9.22. The summed E-state index contributed by atoms with van der Waals surface area (Å²) >= 11 is 3.47. The van der Waals surface area contributed by atoms with Crippen molar-refractivity contribution in [2.75, 3.05) is 5.32 Å². The topological polar surface area (TPSA) is 25.2 Å². The molecule has 3 heteroatoms. The molecule has 0 saturated heterocycles. The Balaban J connectivity index is 1.85. The molecule has 0 aliphatic rings. The summed E-state index contributed by atoms with van der Waals surface area (Å²) in [4.78, 5) is 0. The zero-order valence-electron chi connectivity index (χ0n) is 10.6. The average Bonchev–Trinajstić information content (AvgIpc) is 2.82. The van der Waals surface area contributed by atoms with Gasteiger partial charge in [-0.2, -0.15) is 0 Å². The molecule has 2 nitrogen and oxygen atoms in total. The van der Waals surface area contributed by atoms with Gasteiger partial charge in [0.2, 0.25) is 0 Å². The highest BCUT2D eigenvalue weighted by molar-refractivity contribution is 9.10. The van der Waals surface area contributed by atoms with Crippen LogP contribution in [0.3, 0.4) is 0 Å². The van der Waals surface area contributed by atoms with Crippen molar-refractivity contribution in [2.45, 2.75) is 13.0 Å². The van der Waals surface area contributed by atoms with Crippen molar-refractivity contribution in [3.8, 4) is 0 Å². The first-order valence-corrected chi connectivity index (χ1v) is 7.02. The lowest BCUT2D eigenvalue weighted by atomic mass is 10.2. The SMILES string of the molecule is CC(Nc1cccc(Br)c1)c1cc2ccccc2o1. The van der Waals surface area contributed by atoms with Gasteiger partial charge in [-0.25, -0.2) is 0 Å². The van der Waals surface area contributed by atoms with E-state index in [-0.39, 0.29) is 6.04 Å². The van der Waals surface area contributed by atoms with E-state index < -0.39 is 0 Å². The number of para-hydroxylation sites is 1. The molecule has 1 aromatic heterocycles. The van der Waals surface area contributed by atoms with E-state index in [0.29, 0.717) is 0 Å². The Labute approximate surface area is 120 Å². The van der Waals surface area contributed by atoms with Gasteiger partial charge in [-0.15, -0.1) is 0 Å². The lowest BCUT2D eigenvalue weighted by molar-refractivity contribution is 0.526. The maximum atomic E-state index is 5.86. The largest absolute Gasteiger partial charge is 0.459 e. The summed E-state index contributed by atoms with van der Waals surface area (Å²) in [5.41, 5.74) is 2.00. The Morgan fingerprint density at radius 1 is 1.05 bits per heavy atom. The van der Waals surface area contributed by atoms with E-state index in [1.165, 1.54) is 0 Å². The lowest BCUT2D eigenvalue weighted by Crippen LogP contribution is -2.05. The highest BCUT2D eigenvalue weighted by atomic mass is 79.9. The predicted octanol–water partition coefficient (Wildman–Crippen LogP) is 5.37. The number of halogens is 1. The highest BCUT2D eigenvalue weighted by Gasteiger charge is 2.11. The summed E-state index contributed by atoms with van der Waals surface area (Å²) in [5.74, 6) is 0.946. The van der Waals surface area contributed by atoms with Gasteiger partial charge in [-0.1, -0.05) is 40.2 Å². The van der Waals surface area contributed by atoms with Crippen LogP contribution in [0.1, 0.15) is 18.7 Å². The van der Waals surface area contributed by atoms with E-state index in [2.05, 4.69) is 46.4 Å². The third-order valence-corrected chi connectivity index (χ3v) is 3.57. The number of fused-ring (bicyclic) bond motifs is 1. The van der Waals surface area contributed by atoms with Crippen molar-refractivity contribution in [3.63, 3.8) is 0 Å². The number of hydrogen-bond acceptors (Lipinski definition) is 2. The van der Waals surface area contributed by atoms with Gasteiger partial charge < -0.3 is 9.73 Å². The quantitative estimate of drug-likeness (QED) is 0.703. The number of nitrogens with one attached hydrogen (secondary N) is 1. The number of benzene rings is 2. The molecular weight excluding hydrogens is 302 g/mol. The van der Waals surface area contributed by atoms with Crippen LogP contribution in [0.15, 0.2) is 63.5 Å². The van der Waals surface area contributed by atoms with E-state index in [9.17, 15) is 0 Å². The summed E-state index contributed by atoms with van der Waals surface area (Å²) in [6.07, 6.45) is 0. The van der Waals surface area contributed by atoms with Crippen LogP contribution in [0.2, 0.25) is 0 Å². The molecule has 19 heavy (non-hydrogen) atoms. The second-order valence-electron chi connectivity index (χ2n) is 4.56. The summed E-state index contributed by atoms with van der Waals surface area (Å²) < 4.78 is 6.92. The van der Waals surface area contributed by atoms with Crippen LogP contribution in [0, 0.1) is 0 Å². The van der Waals surface area contributed by atoms with Gasteiger partial charge in [-0.05, 0) is 37.3 Å². The van der Waals surface area contributed by atoms with Crippen molar-refractivity contribution in [3.05, 3.63) is 64.8 Å². The fraction of sp³-hybridized carbons (Fsp3) is 0.125. The van der Waals surface area contributed by atoms with Crippen molar-refractivity contribution >= 4 is 32.6 Å². The molecule has 0 spiro atoms. The zero-order chi connectivity index (χ0) is 13.2. The first kappa shape index (κ1) is 12.3.